The van der Waals surface area contributed by atoms with Crippen LogP contribution in [0, 0.1) is 17.2 Å². The molecule has 1 aliphatic heterocycles. The second kappa shape index (κ2) is 10.5. The third-order valence-corrected chi connectivity index (χ3v) is 5.53. The number of hydrogen-bond donors (Lipinski definition) is 0. The van der Waals surface area contributed by atoms with Gasteiger partial charge >= 0.3 is 6.18 Å². The number of carbonyl (C=O) groups excluding carboxylic acids is 1. The number of rotatable bonds is 8. The van der Waals surface area contributed by atoms with Crippen molar-refractivity contribution in [3.63, 3.8) is 0 Å². The summed E-state index contributed by atoms with van der Waals surface area (Å²) in [6.07, 6.45) is -3.28. The van der Waals surface area contributed by atoms with Crippen molar-refractivity contribution in [2.75, 3.05) is 26.2 Å². The van der Waals surface area contributed by atoms with Crippen LogP contribution in [-0.4, -0.2) is 48.1 Å². The van der Waals surface area contributed by atoms with Gasteiger partial charge in [0.25, 0.3) is 0 Å². The van der Waals surface area contributed by atoms with Gasteiger partial charge in [-0.1, -0.05) is 42.5 Å². The fourth-order valence-electron chi connectivity index (χ4n) is 3.99. The first-order valence-electron chi connectivity index (χ1n) is 10.4. The molecule has 0 spiro atoms. The van der Waals surface area contributed by atoms with E-state index in [2.05, 4.69) is 4.90 Å². The van der Waals surface area contributed by atoms with Gasteiger partial charge in [-0.15, -0.1) is 0 Å². The van der Waals surface area contributed by atoms with Crippen molar-refractivity contribution in [2.45, 2.75) is 32.0 Å². The van der Waals surface area contributed by atoms with Crippen molar-refractivity contribution in [3.05, 3.63) is 71.3 Å². The van der Waals surface area contributed by atoms with Crippen LogP contribution in [0.2, 0.25) is 0 Å². The standard InChI is InChI=1S/C24H26F3N3O/c25-24(26,27)18-30(23(31)11-10-19-6-8-20(14-28)9-7-19)17-22-12-13-29(16-22)15-21-4-2-1-3-5-21/h1-9,22H,10-13,15-18H2/t22-/m0/s1. The van der Waals surface area contributed by atoms with Crippen LogP contribution in [0.4, 0.5) is 13.2 Å². The number of amides is 1. The SMILES string of the molecule is N#Cc1ccc(CCC(=O)N(C[C@H]2CCN(Cc3ccccc3)C2)CC(F)(F)F)cc1. The molecule has 1 fully saturated rings. The van der Waals surface area contributed by atoms with Crippen molar-refractivity contribution in [2.24, 2.45) is 5.92 Å². The van der Waals surface area contributed by atoms with E-state index in [9.17, 15) is 18.0 Å². The van der Waals surface area contributed by atoms with Crippen LogP contribution in [-0.2, 0) is 17.8 Å². The highest BCUT2D eigenvalue weighted by Gasteiger charge is 2.35. The molecule has 4 nitrogen and oxygen atoms in total. The number of alkyl halides is 3. The van der Waals surface area contributed by atoms with Crippen LogP contribution in [0.25, 0.3) is 0 Å². The number of benzene rings is 2. The Kier molecular flexibility index (Phi) is 7.69. The molecular formula is C24H26F3N3O. The summed E-state index contributed by atoms with van der Waals surface area (Å²) in [4.78, 5) is 15.8. The van der Waals surface area contributed by atoms with Crippen molar-refractivity contribution >= 4 is 5.91 Å². The minimum absolute atomic E-state index is 0.0163. The van der Waals surface area contributed by atoms with Gasteiger partial charge in [0.15, 0.2) is 0 Å². The minimum Gasteiger partial charge on any atom is -0.333 e. The molecule has 2 aromatic rings. The normalized spacial score (nSPS) is 16.8. The van der Waals surface area contributed by atoms with Crippen molar-refractivity contribution in [1.29, 1.82) is 5.26 Å². The van der Waals surface area contributed by atoms with E-state index >= 15 is 0 Å². The Balaban J connectivity index is 1.55. The van der Waals surface area contributed by atoms with Gasteiger partial charge < -0.3 is 4.90 Å². The lowest BCUT2D eigenvalue weighted by Crippen LogP contribution is -2.42. The minimum atomic E-state index is -4.42. The van der Waals surface area contributed by atoms with Gasteiger partial charge in [0.05, 0.1) is 11.6 Å². The molecule has 164 valence electrons. The quantitative estimate of drug-likeness (QED) is 0.625. The summed E-state index contributed by atoms with van der Waals surface area (Å²) in [6, 6.07) is 18.8. The summed E-state index contributed by atoms with van der Waals surface area (Å²) in [5.41, 5.74) is 2.51. The van der Waals surface area contributed by atoms with Crippen LogP contribution in [0.15, 0.2) is 54.6 Å². The third kappa shape index (κ3) is 7.41. The zero-order valence-electron chi connectivity index (χ0n) is 17.3. The number of hydrogen-bond acceptors (Lipinski definition) is 3. The van der Waals surface area contributed by atoms with E-state index in [0.29, 0.717) is 18.5 Å². The lowest BCUT2D eigenvalue weighted by Gasteiger charge is -2.27. The Labute approximate surface area is 180 Å². The molecule has 7 heteroatoms. The number of likely N-dealkylation sites (tertiary alicyclic amines) is 1. The summed E-state index contributed by atoms with van der Waals surface area (Å²) in [5, 5.41) is 8.84. The number of carbonyl (C=O) groups is 1. The largest absolute Gasteiger partial charge is 0.406 e. The molecule has 1 saturated heterocycles. The molecule has 1 aliphatic rings. The summed E-state index contributed by atoms with van der Waals surface area (Å²) in [6.45, 7) is 1.18. The number of nitriles is 1. The first-order chi connectivity index (χ1) is 14.8. The van der Waals surface area contributed by atoms with Gasteiger partial charge in [-0.2, -0.15) is 18.4 Å². The van der Waals surface area contributed by atoms with E-state index in [1.165, 1.54) is 5.56 Å². The second-order valence-electron chi connectivity index (χ2n) is 8.07. The highest BCUT2D eigenvalue weighted by Crippen LogP contribution is 2.23. The first-order valence-corrected chi connectivity index (χ1v) is 10.4. The molecule has 0 N–H and O–H groups in total. The van der Waals surface area contributed by atoms with Gasteiger partial charge in [-0.05, 0) is 48.6 Å². The molecule has 3 rings (SSSR count). The summed E-state index contributed by atoms with van der Waals surface area (Å²) >= 11 is 0. The molecular weight excluding hydrogens is 403 g/mol. The second-order valence-corrected chi connectivity index (χ2v) is 8.07. The van der Waals surface area contributed by atoms with Crippen LogP contribution >= 0.6 is 0 Å². The molecule has 1 atom stereocenters. The maximum absolute atomic E-state index is 13.1. The fourth-order valence-corrected chi connectivity index (χ4v) is 3.99. The Bertz CT molecular complexity index is 891. The maximum Gasteiger partial charge on any atom is 0.406 e. The molecule has 0 bridgehead atoms. The van der Waals surface area contributed by atoms with E-state index in [0.717, 1.165) is 30.0 Å². The lowest BCUT2D eigenvalue weighted by molar-refractivity contribution is -0.162. The van der Waals surface area contributed by atoms with Gasteiger partial charge in [0, 0.05) is 26.1 Å². The summed E-state index contributed by atoms with van der Waals surface area (Å²) < 4.78 is 39.3. The van der Waals surface area contributed by atoms with Gasteiger partial charge in [-0.25, -0.2) is 0 Å². The van der Waals surface area contributed by atoms with Crippen LogP contribution in [0.3, 0.4) is 0 Å². The fraction of sp³-hybridized carbons (Fsp3) is 0.417. The Morgan fingerprint density at radius 3 is 2.45 bits per heavy atom. The molecule has 1 amide bonds. The van der Waals surface area contributed by atoms with Crippen molar-refractivity contribution in [1.82, 2.24) is 9.80 Å². The van der Waals surface area contributed by atoms with Gasteiger partial charge in [0.1, 0.15) is 6.54 Å². The van der Waals surface area contributed by atoms with Crippen LogP contribution in [0.1, 0.15) is 29.5 Å². The Morgan fingerprint density at radius 1 is 1.10 bits per heavy atom. The monoisotopic (exact) mass is 429 g/mol. The molecule has 0 aromatic heterocycles. The molecule has 0 aliphatic carbocycles. The number of aryl methyl sites for hydroxylation is 1. The van der Waals surface area contributed by atoms with E-state index in [1.807, 2.05) is 36.4 Å². The summed E-state index contributed by atoms with van der Waals surface area (Å²) in [7, 11) is 0. The average molecular weight is 429 g/mol. The smallest absolute Gasteiger partial charge is 0.333 e. The number of nitrogens with zero attached hydrogens (tertiary/aromatic N) is 3. The van der Waals surface area contributed by atoms with Crippen molar-refractivity contribution in [3.8, 4) is 6.07 Å². The predicted octanol–water partition coefficient (Wildman–Crippen LogP) is 4.40. The van der Waals surface area contributed by atoms with Crippen LogP contribution < -0.4 is 0 Å². The highest BCUT2D eigenvalue weighted by molar-refractivity contribution is 5.76. The zero-order chi connectivity index (χ0) is 22.3. The lowest BCUT2D eigenvalue weighted by atomic mass is 10.1. The Morgan fingerprint density at radius 2 is 1.81 bits per heavy atom. The number of halogens is 3. The van der Waals surface area contributed by atoms with E-state index in [4.69, 9.17) is 5.26 Å². The molecule has 2 aromatic carbocycles. The molecule has 0 saturated carbocycles. The Hall–Kier alpha value is -2.85. The molecule has 31 heavy (non-hydrogen) atoms. The predicted molar refractivity (Wildman–Crippen MR) is 112 cm³/mol. The molecule has 1 heterocycles. The highest BCUT2D eigenvalue weighted by atomic mass is 19.4. The first kappa shape index (κ1) is 22.8. The van der Waals surface area contributed by atoms with E-state index < -0.39 is 18.6 Å². The third-order valence-electron chi connectivity index (χ3n) is 5.53. The van der Waals surface area contributed by atoms with Crippen molar-refractivity contribution < 1.29 is 18.0 Å². The van der Waals surface area contributed by atoms with Gasteiger partial charge in [0.2, 0.25) is 5.91 Å². The van der Waals surface area contributed by atoms with E-state index in [1.54, 1.807) is 24.3 Å². The molecule has 0 unspecified atom stereocenters. The topological polar surface area (TPSA) is 47.3 Å². The summed E-state index contributed by atoms with van der Waals surface area (Å²) in [5.74, 6) is -0.451. The zero-order valence-corrected chi connectivity index (χ0v) is 17.3. The maximum atomic E-state index is 13.1. The van der Waals surface area contributed by atoms with Gasteiger partial charge in [-0.3, -0.25) is 9.69 Å². The van der Waals surface area contributed by atoms with Crippen LogP contribution in [0.5, 0.6) is 0 Å². The molecule has 0 radical (unpaired) electrons. The average Bonchev–Trinajstić information content (AvgIpc) is 3.18. The van der Waals surface area contributed by atoms with E-state index in [-0.39, 0.29) is 18.9 Å².